The van der Waals surface area contributed by atoms with Gasteiger partial charge in [0.2, 0.25) is 0 Å². The van der Waals surface area contributed by atoms with Crippen LogP contribution in [0.3, 0.4) is 0 Å². The molecule has 1 heterocycles. The molecule has 0 atom stereocenters. The number of aromatic carboxylic acids is 1. The minimum Gasteiger partial charge on any atom is -0.545 e. The van der Waals surface area contributed by atoms with Gasteiger partial charge in [0.1, 0.15) is 10.8 Å². The summed E-state index contributed by atoms with van der Waals surface area (Å²) in [5, 5.41) is 11.8. The third-order valence-corrected chi connectivity index (χ3v) is 3.99. The van der Waals surface area contributed by atoms with Gasteiger partial charge in [0.05, 0.1) is 11.7 Å². The molecule has 4 nitrogen and oxygen atoms in total. The fourth-order valence-electron chi connectivity index (χ4n) is 1.69. The number of pyridine rings is 1. The summed E-state index contributed by atoms with van der Waals surface area (Å²) >= 11 is 6.88. The summed E-state index contributed by atoms with van der Waals surface area (Å²) in [6.45, 7) is 0. The van der Waals surface area contributed by atoms with Gasteiger partial charge in [0.15, 0.2) is 0 Å². The monoisotopic (exact) mass is 359 g/mol. The van der Waals surface area contributed by atoms with Gasteiger partial charge < -0.3 is 9.90 Å². The van der Waals surface area contributed by atoms with Crippen molar-refractivity contribution in [2.75, 3.05) is 5.75 Å². The molecule has 0 bridgehead atoms. The minimum atomic E-state index is -1.30. The van der Waals surface area contributed by atoms with Crippen molar-refractivity contribution >= 4 is 35.1 Å². The van der Waals surface area contributed by atoms with E-state index in [9.17, 15) is 14.7 Å². The molecule has 2 rings (SSSR count). The van der Waals surface area contributed by atoms with Crippen LogP contribution < -0.4 is 56.5 Å². The first-order chi connectivity index (χ1) is 10.1. The fourth-order valence-corrected chi connectivity index (χ4v) is 2.66. The molecule has 0 unspecified atom stereocenters. The van der Waals surface area contributed by atoms with E-state index in [1.165, 1.54) is 18.3 Å². The summed E-state index contributed by atoms with van der Waals surface area (Å²) in [6.07, 6.45) is 1.76. The number of thioether (sulfide) groups is 1. The third kappa shape index (κ3) is 6.12. The van der Waals surface area contributed by atoms with Crippen molar-refractivity contribution in [1.29, 1.82) is 0 Å². The molecule has 0 N–H and O–H groups in total. The van der Waals surface area contributed by atoms with Gasteiger partial charge in [-0.15, -0.1) is 0 Å². The van der Waals surface area contributed by atoms with Crippen LogP contribution in [-0.4, -0.2) is 22.5 Å². The first-order valence-corrected chi connectivity index (χ1v) is 7.48. The van der Waals surface area contributed by atoms with Crippen molar-refractivity contribution in [3.05, 3.63) is 58.7 Å². The molecule has 0 aliphatic heterocycles. The normalized spacial score (nSPS) is 9.86. The predicted molar refractivity (Wildman–Crippen MR) is 79.5 cm³/mol. The van der Waals surface area contributed by atoms with Crippen molar-refractivity contribution in [1.82, 2.24) is 4.98 Å². The first-order valence-electron chi connectivity index (χ1n) is 6.11. The number of carbonyl (C=O) groups excluding carboxylic acids is 2. The second-order valence-corrected chi connectivity index (χ2v) is 5.67. The Morgan fingerprint density at radius 2 is 1.86 bits per heavy atom. The van der Waals surface area contributed by atoms with E-state index >= 15 is 0 Å². The summed E-state index contributed by atoms with van der Waals surface area (Å²) < 4.78 is 0. The van der Waals surface area contributed by atoms with E-state index < -0.39 is 5.97 Å². The van der Waals surface area contributed by atoms with E-state index in [-0.39, 0.29) is 74.9 Å². The smallest absolute Gasteiger partial charge is 0.545 e. The quantitative estimate of drug-likeness (QED) is 0.489. The molecule has 7 heteroatoms. The molecular weight excluding hydrogens is 349 g/mol. The van der Waals surface area contributed by atoms with Gasteiger partial charge in [-0.05, 0) is 29.8 Å². The number of carbonyl (C=O) groups is 2. The molecule has 22 heavy (non-hydrogen) atoms. The molecule has 108 valence electrons. The van der Waals surface area contributed by atoms with Crippen LogP contribution in [0.25, 0.3) is 0 Å². The average Bonchev–Trinajstić information content (AvgIpc) is 2.48. The Bertz CT molecular complexity index is 664. The van der Waals surface area contributed by atoms with Gasteiger partial charge in [-0.25, -0.2) is 4.98 Å². The zero-order valence-electron chi connectivity index (χ0n) is 11.9. The maximum atomic E-state index is 11.9. The SMILES string of the molecule is O=C(CSc1ncccc1C(=O)[O-])Cc1ccc(Cl)cc1.[K+]. The Balaban J connectivity index is 0.00000242. The van der Waals surface area contributed by atoms with Crippen molar-refractivity contribution in [2.24, 2.45) is 0 Å². The number of hydrogen-bond acceptors (Lipinski definition) is 5. The number of Topliss-reactive ketones (excluding diaryl/α,β-unsaturated/α-hetero) is 1. The summed E-state index contributed by atoms with van der Waals surface area (Å²) in [6, 6.07) is 9.96. The zero-order chi connectivity index (χ0) is 15.2. The van der Waals surface area contributed by atoms with Crippen molar-refractivity contribution in [2.45, 2.75) is 11.4 Å². The summed E-state index contributed by atoms with van der Waals surface area (Å²) in [5.41, 5.74) is 0.868. The number of hydrogen-bond donors (Lipinski definition) is 0. The Morgan fingerprint density at radius 3 is 2.50 bits per heavy atom. The first kappa shape index (κ1) is 19.8. The fraction of sp³-hybridized carbons (Fsp3) is 0.133. The topological polar surface area (TPSA) is 70.1 Å². The minimum absolute atomic E-state index is 0. The van der Waals surface area contributed by atoms with Gasteiger partial charge >= 0.3 is 51.4 Å². The number of nitrogens with zero attached hydrogens (tertiary/aromatic N) is 1. The summed E-state index contributed by atoms with van der Waals surface area (Å²) in [5.74, 6) is -1.16. The van der Waals surface area contributed by atoms with E-state index in [2.05, 4.69) is 4.98 Å². The van der Waals surface area contributed by atoms with Gasteiger partial charge in [0, 0.05) is 23.2 Å². The summed E-state index contributed by atoms with van der Waals surface area (Å²) in [7, 11) is 0. The van der Waals surface area contributed by atoms with E-state index in [4.69, 9.17) is 11.6 Å². The number of carboxylic acids is 1. The molecule has 0 fully saturated rings. The molecular formula is C15H11ClKNO3S. The number of ketones is 1. The van der Waals surface area contributed by atoms with Crippen LogP contribution in [0.2, 0.25) is 5.02 Å². The van der Waals surface area contributed by atoms with Crippen LogP contribution in [-0.2, 0) is 11.2 Å². The van der Waals surface area contributed by atoms with E-state index in [1.54, 1.807) is 24.3 Å². The summed E-state index contributed by atoms with van der Waals surface area (Å²) in [4.78, 5) is 26.8. The van der Waals surface area contributed by atoms with Crippen LogP contribution in [0.15, 0.2) is 47.6 Å². The van der Waals surface area contributed by atoms with Crippen molar-refractivity contribution in [3.8, 4) is 0 Å². The van der Waals surface area contributed by atoms with Crippen LogP contribution in [0.1, 0.15) is 15.9 Å². The molecule has 0 aliphatic carbocycles. The Morgan fingerprint density at radius 1 is 1.18 bits per heavy atom. The number of benzene rings is 1. The van der Waals surface area contributed by atoms with Gasteiger partial charge in [-0.3, -0.25) is 4.79 Å². The van der Waals surface area contributed by atoms with Crippen LogP contribution >= 0.6 is 23.4 Å². The molecule has 0 aliphatic rings. The van der Waals surface area contributed by atoms with Crippen LogP contribution in [0.4, 0.5) is 0 Å². The molecule has 1 aromatic carbocycles. The van der Waals surface area contributed by atoms with E-state index in [1.807, 2.05) is 0 Å². The molecule has 1 aromatic heterocycles. The van der Waals surface area contributed by atoms with Gasteiger partial charge in [0.25, 0.3) is 0 Å². The molecule has 0 radical (unpaired) electrons. The molecule has 0 saturated carbocycles. The number of halogens is 1. The van der Waals surface area contributed by atoms with Gasteiger partial charge in [-0.2, -0.15) is 0 Å². The third-order valence-electron chi connectivity index (χ3n) is 2.68. The zero-order valence-corrected chi connectivity index (χ0v) is 16.6. The number of carboxylic acid groups (broad SMARTS) is 1. The standard InChI is InChI=1S/C15H12ClNO3S.K/c16-11-5-3-10(4-6-11)8-12(18)9-21-14-13(15(19)20)2-1-7-17-14;/h1-7H,8-9H2,(H,19,20);/q;+1/p-1. The Labute approximate surface area is 180 Å². The molecule has 0 saturated heterocycles. The largest absolute Gasteiger partial charge is 1.00 e. The second kappa shape index (κ2) is 9.82. The van der Waals surface area contributed by atoms with Gasteiger partial charge in [-0.1, -0.05) is 35.5 Å². The van der Waals surface area contributed by atoms with Crippen molar-refractivity contribution in [3.63, 3.8) is 0 Å². The maximum absolute atomic E-state index is 11.9. The Hall–Kier alpha value is -0.214. The second-order valence-electron chi connectivity index (χ2n) is 4.27. The molecule has 2 aromatic rings. The molecule has 0 amide bonds. The van der Waals surface area contributed by atoms with E-state index in [0.717, 1.165) is 17.3 Å². The number of rotatable bonds is 6. The Kier molecular flexibility index (Phi) is 8.85. The van der Waals surface area contributed by atoms with Crippen LogP contribution in [0, 0.1) is 0 Å². The van der Waals surface area contributed by atoms with Crippen LogP contribution in [0.5, 0.6) is 0 Å². The van der Waals surface area contributed by atoms with Crippen molar-refractivity contribution < 1.29 is 66.1 Å². The average molecular weight is 360 g/mol. The maximum Gasteiger partial charge on any atom is 1.00 e. The van der Waals surface area contributed by atoms with E-state index in [0.29, 0.717) is 10.0 Å². The number of aromatic nitrogens is 1. The molecule has 0 spiro atoms. The predicted octanol–water partition coefficient (Wildman–Crippen LogP) is -0.994.